The van der Waals surface area contributed by atoms with Crippen LogP contribution in [0.1, 0.15) is 22.3 Å². The average molecular weight is 364 g/mol. The fraction of sp³-hybridized carbons (Fsp3) is 0.100. The fourth-order valence-corrected chi connectivity index (χ4v) is 3.29. The van der Waals surface area contributed by atoms with E-state index in [1.165, 1.54) is 11.3 Å². The topological polar surface area (TPSA) is 85.1 Å². The molecule has 0 aliphatic heterocycles. The van der Waals surface area contributed by atoms with E-state index >= 15 is 0 Å². The van der Waals surface area contributed by atoms with Crippen LogP contribution in [0.25, 0.3) is 11.3 Å². The monoisotopic (exact) mass is 364 g/mol. The second kappa shape index (κ2) is 8.40. The zero-order chi connectivity index (χ0) is 18.4. The quantitative estimate of drug-likeness (QED) is 0.670. The Labute approximate surface area is 155 Å². The van der Waals surface area contributed by atoms with Gasteiger partial charge in [-0.1, -0.05) is 48.5 Å². The highest BCUT2D eigenvalue weighted by Gasteiger charge is 2.10. The molecule has 0 bridgehead atoms. The number of benzene rings is 2. The van der Waals surface area contributed by atoms with Crippen LogP contribution in [0, 0.1) is 6.42 Å². The van der Waals surface area contributed by atoms with Gasteiger partial charge in [0.25, 0.3) is 0 Å². The summed E-state index contributed by atoms with van der Waals surface area (Å²) in [6.45, 7) is 0. The van der Waals surface area contributed by atoms with E-state index in [1.54, 1.807) is 18.6 Å². The van der Waals surface area contributed by atoms with Gasteiger partial charge < -0.3 is 11.1 Å². The molecule has 1 radical (unpaired) electrons. The van der Waals surface area contributed by atoms with Crippen LogP contribution in [0.5, 0.6) is 0 Å². The van der Waals surface area contributed by atoms with Crippen molar-refractivity contribution in [1.29, 1.82) is 0 Å². The van der Waals surface area contributed by atoms with E-state index < -0.39 is 5.91 Å². The van der Waals surface area contributed by atoms with Gasteiger partial charge in [0.1, 0.15) is 0 Å². The maximum absolute atomic E-state index is 12.1. The van der Waals surface area contributed by atoms with Gasteiger partial charge in [-0.2, -0.15) is 0 Å². The van der Waals surface area contributed by atoms with Gasteiger partial charge in [-0.3, -0.25) is 9.59 Å². The largest absolute Gasteiger partial charge is 0.366 e. The predicted octanol–water partition coefficient (Wildman–Crippen LogP) is 3.68. The Hall–Kier alpha value is -2.99. The third-order valence-corrected chi connectivity index (χ3v) is 4.59. The molecule has 0 aliphatic rings. The van der Waals surface area contributed by atoms with Crippen molar-refractivity contribution in [2.75, 3.05) is 5.32 Å². The first-order valence-corrected chi connectivity index (χ1v) is 9.04. The highest BCUT2D eigenvalue weighted by atomic mass is 32.1. The SMILES string of the molecule is NC(=O)c1ccccc1CC[CH]C(=O)Nc1nc(-c2ccccc2)cs1. The van der Waals surface area contributed by atoms with E-state index in [4.69, 9.17) is 5.73 Å². The molecule has 1 aromatic heterocycles. The van der Waals surface area contributed by atoms with Gasteiger partial charge in [0.05, 0.1) is 12.1 Å². The van der Waals surface area contributed by atoms with Crippen LogP contribution in [0.15, 0.2) is 60.0 Å². The number of hydrogen-bond donors (Lipinski definition) is 2. The maximum Gasteiger partial charge on any atom is 0.248 e. The Bertz CT molecular complexity index is 906. The van der Waals surface area contributed by atoms with E-state index in [-0.39, 0.29) is 5.91 Å². The van der Waals surface area contributed by atoms with Crippen LogP contribution in [0.2, 0.25) is 0 Å². The van der Waals surface area contributed by atoms with E-state index in [9.17, 15) is 9.59 Å². The van der Waals surface area contributed by atoms with Gasteiger partial charge in [-0.15, -0.1) is 11.3 Å². The van der Waals surface area contributed by atoms with E-state index in [1.807, 2.05) is 47.8 Å². The van der Waals surface area contributed by atoms with Crippen molar-refractivity contribution in [3.05, 3.63) is 77.5 Å². The summed E-state index contributed by atoms with van der Waals surface area (Å²) in [5.74, 6) is -0.670. The van der Waals surface area contributed by atoms with Gasteiger partial charge in [0.2, 0.25) is 11.8 Å². The van der Waals surface area contributed by atoms with Crippen molar-refractivity contribution < 1.29 is 9.59 Å². The average Bonchev–Trinajstić information content (AvgIpc) is 3.11. The van der Waals surface area contributed by atoms with E-state index in [2.05, 4.69) is 10.3 Å². The molecule has 0 saturated heterocycles. The number of amides is 2. The smallest absolute Gasteiger partial charge is 0.248 e. The Morgan fingerprint density at radius 3 is 2.58 bits per heavy atom. The number of hydrogen-bond acceptors (Lipinski definition) is 4. The number of carbonyl (C=O) groups is 2. The number of nitrogens with one attached hydrogen (secondary N) is 1. The lowest BCUT2D eigenvalue weighted by atomic mass is 10.0. The molecule has 1 heterocycles. The molecule has 3 rings (SSSR count). The number of anilines is 1. The van der Waals surface area contributed by atoms with Crippen LogP contribution in [-0.4, -0.2) is 16.8 Å². The highest BCUT2D eigenvalue weighted by Crippen LogP contribution is 2.24. The first-order valence-electron chi connectivity index (χ1n) is 8.16. The van der Waals surface area contributed by atoms with Gasteiger partial charge in [-0.25, -0.2) is 4.98 Å². The zero-order valence-corrected chi connectivity index (χ0v) is 14.8. The lowest BCUT2D eigenvalue weighted by Gasteiger charge is -2.06. The first kappa shape index (κ1) is 17.8. The van der Waals surface area contributed by atoms with Crippen LogP contribution >= 0.6 is 11.3 Å². The molecule has 5 nitrogen and oxygen atoms in total. The number of nitrogens with zero attached hydrogens (tertiary/aromatic N) is 1. The van der Waals surface area contributed by atoms with Crippen molar-refractivity contribution >= 4 is 28.3 Å². The third kappa shape index (κ3) is 4.55. The van der Waals surface area contributed by atoms with Crippen molar-refractivity contribution in [2.45, 2.75) is 12.8 Å². The van der Waals surface area contributed by atoms with Gasteiger partial charge >= 0.3 is 0 Å². The third-order valence-electron chi connectivity index (χ3n) is 3.83. The summed E-state index contributed by atoms with van der Waals surface area (Å²) >= 11 is 1.38. The van der Waals surface area contributed by atoms with Crippen molar-refractivity contribution in [2.24, 2.45) is 5.73 Å². The number of aromatic nitrogens is 1. The zero-order valence-electron chi connectivity index (χ0n) is 14.0. The molecule has 0 aliphatic carbocycles. The summed E-state index contributed by atoms with van der Waals surface area (Å²) < 4.78 is 0. The minimum absolute atomic E-state index is 0.212. The van der Waals surface area contributed by atoms with Crippen molar-refractivity contribution in [3.8, 4) is 11.3 Å². The summed E-state index contributed by atoms with van der Waals surface area (Å²) in [7, 11) is 0. The molecule has 0 unspecified atom stereocenters. The minimum Gasteiger partial charge on any atom is -0.366 e. The Kier molecular flexibility index (Phi) is 5.76. The standard InChI is InChI=1S/C20H18N3O2S/c21-19(25)16-11-5-4-7-14(16)10-6-12-18(24)23-20-22-17(13-26-20)15-8-2-1-3-9-15/h1-5,7-9,11-13H,6,10H2,(H2,21,25)(H,22,23,24). The number of aryl methyl sites for hydroxylation is 1. The van der Waals surface area contributed by atoms with Crippen molar-refractivity contribution in [3.63, 3.8) is 0 Å². The molecular weight excluding hydrogens is 346 g/mol. The number of rotatable bonds is 7. The van der Waals surface area contributed by atoms with E-state index in [0.29, 0.717) is 23.5 Å². The van der Waals surface area contributed by atoms with Crippen LogP contribution < -0.4 is 11.1 Å². The molecule has 131 valence electrons. The fourth-order valence-electron chi connectivity index (χ4n) is 2.57. The lowest BCUT2D eigenvalue weighted by Crippen LogP contribution is -2.15. The molecule has 26 heavy (non-hydrogen) atoms. The second-order valence-corrected chi connectivity index (χ2v) is 6.52. The van der Waals surface area contributed by atoms with Gasteiger partial charge in [-0.05, 0) is 24.5 Å². The summed E-state index contributed by atoms with van der Waals surface area (Å²) in [6, 6.07) is 17.0. The maximum atomic E-state index is 12.1. The molecule has 0 saturated carbocycles. The molecular formula is C20H18N3O2S. The predicted molar refractivity (Wildman–Crippen MR) is 104 cm³/mol. The second-order valence-electron chi connectivity index (χ2n) is 5.66. The molecule has 2 aromatic carbocycles. The summed E-state index contributed by atoms with van der Waals surface area (Å²) in [5, 5.41) is 5.25. The number of primary amides is 1. The Morgan fingerprint density at radius 1 is 1.08 bits per heavy atom. The Morgan fingerprint density at radius 2 is 1.81 bits per heavy atom. The lowest BCUT2D eigenvalue weighted by molar-refractivity contribution is -0.113. The molecule has 2 amide bonds. The number of thiazole rings is 1. The number of carbonyl (C=O) groups excluding carboxylic acids is 2. The van der Waals surface area contributed by atoms with Crippen LogP contribution in [0.3, 0.4) is 0 Å². The molecule has 0 atom stereocenters. The number of nitrogens with two attached hydrogens (primary N) is 1. The molecule has 0 fully saturated rings. The van der Waals surface area contributed by atoms with Crippen LogP contribution in [-0.2, 0) is 11.2 Å². The summed E-state index contributed by atoms with van der Waals surface area (Å²) in [6.07, 6.45) is 2.63. The van der Waals surface area contributed by atoms with Crippen molar-refractivity contribution in [1.82, 2.24) is 4.98 Å². The normalized spacial score (nSPS) is 10.5. The first-order chi connectivity index (χ1) is 12.6. The molecule has 0 spiro atoms. The minimum atomic E-state index is -0.457. The summed E-state index contributed by atoms with van der Waals surface area (Å²) in [5.41, 5.74) is 8.54. The van der Waals surface area contributed by atoms with Gasteiger partial charge in [0, 0.05) is 16.5 Å². The molecule has 6 heteroatoms. The Balaban J connectivity index is 1.52. The summed E-state index contributed by atoms with van der Waals surface area (Å²) in [4.78, 5) is 27.9. The molecule has 3 aromatic rings. The van der Waals surface area contributed by atoms with Gasteiger partial charge in [0.15, 0.2) is 5.13 Å². The molecule has 3 N–H and O–H groups in total. The highest BCUT2D eigenvalue weighted by molar-refractivity contribution is 7.14. The van der Waals surface area contributed by atoms with Crippen LogP contribution in [0.4, 0.5) is 5.13 Å². The van der Waals surface area contributed by atoms with E-state index in [0.717, 1.165) is 16.8 Å².